The van der Waals surface area contributed by atoms with Crippen LogP contribution in [0.4, 0.5) is 5.82 Å². The van der Waals surface area contributed by atoms with Crippen molar-refractivity contribution in [2.75, 3.05) is 31.6 Å². The maximum Gasteiger partial charge on any atom is 0.129 e. The second kappa shape index (κ2) is 4.78. The molecule has 2 atom stereocenters. The van der Waals surface area contributed by atoms with Gasteiger partial charge in [-0.25, -0.2) is 4.98 Å². The first-order valence-electron chi connectivity index (χ1n) is 7.48. The predicted molar refractivity (Wildman–Crippen MR) is 79.8 cm³/mol. The van der Waals surface area contributed by atoms with Crippen LogP contribution >= 0.6 is 0 Å². The summed E-state index contributed by atoms with van der Waals surface area (Å²) in [7, 11) is 2.24. The molecule has 3 heterocycles. The van der Waals surface area contributed by atoms with Crippen LogP contribution in [0.25, 0.3) is 0 Å². The number of aryl methyl sites for hydroxylation is 1. The Morgan fingerprint density at radius 3 is 2.79 bits per heavy atom. The van der Waals surface area contributed by atoms with Crippen LogP contribution in [0.2, 0.25) is 0 Å². The summed E-state index contributed by atoms with van der Waals surface area (Å²) in [6.45, 7) is 10.3. The summed E-state index contributed by atoms with van der Waals surface area (Å²) in [6.07, 6.45) is 1.32. The molecule has 0 radical (unpaired) electrons. The van der Waals surface area contributed by atoms with E-state index >= 15 is 0 Å². The van der Waals surface area contributed by atoms with Gasteiger partial charge in [-0.05, 0) is 49.9 Å². The number of pyridine rings is 1. The van der Waals surface area contributed by atoms with E-state index < -0.39 is 0 Å². The highest BCUT2D eigenvalue weighted by Crippen LogP contribution is 2.34. The number of likely N-dealkylation sites (N-methyl/N-ethyl adjacent to an activating group) is 1. The Labute approximate surface area is 116 Å². The molecule has 3 rings (SSSR count). The van der Waals surface area contributed by atoms with Crippen molar-refractivity contribution < 1.29 is 0 Å². The molecule has 0 saturated carbocycles. The van der Waals surface area contributed by atoms with Gasteiger partial charge >= 0.3 is 0 Å². The fourth-order valence-electron chi connectivity index (χ4n) is 3.58. The number of fused-ring (bicyclic) bond motifs is 1. The first kappa shape index (κ1) is 12.9. The van der Waals surface area contributed by atoms with Crippen LogP contribution in [0.5, 0.6) is 0 Å². The summed E-state index contributed by atoms with van der Waals surface area (Å²) in [5.41, 5.74) is 2.56. The van der Waals surface area contributed by atoms with E-state index in [9.17, 15) is 0 Å². The summed E-state index contributed by atoms with van der Waals surface area (Å²) < 4.78 is 0. The second-order valence-electron chi connectivity index (χ2n) is 6.61. The molecule has 0 aliphatic carbocycles. The Bertz CT molecular complexity index is 469. The Morgan fingerprint density at radius 2 is 2.05 bits per heavy atom. The first-order valence-corrected chi connectivity index (χ1v) is 7.48. The van der Waals surface area contributed by atoms with Gasteiger partial charge in [0, 0.05) is 31.4 Å². The molecule has 104 valence electrons. The van der Waals surface area contributed by atoms with Crippen LogP contribution in [0.1, 0.15) is 37.4 Å². The quantitative estimate of drug-likeness (QED) is 0.814. The van der Waals surface area contributed by atoms with E-state index in [1.165, 1.54) is 43.1 Å². The van der Waals surface area contributed by atoms with E-state index in [0.717, 1.165) is 5.92 Å². The molecule has 19 heavy (non-hydrogen) atoms. The van der Waals surface area contributed by atoms with E-state index in [1.807, 2.05) is 0 Å². The Balaban J connectivity index is 1.90. The average Bonchev–Trinajstić information content (AvgIpc) is 2.86. The molecular weight excluding hydrogens is 234 g/mol. The number of aromatic nitrogens is 1. The van der Waals surface area contributed by atoms with Crippen molar-refractivity contribution in [3.8, 4) is 0 Å². The number of nitrogens with zero attached hydrogens (tertiary/aromatic N) is 3. The van der Waals surface area contributed by atoms with Gasteiger partial charge in [-0.3, -0.25) is 0 Å². The van der Waals surface area contributed by atoms with Crippen molar-refractivity contribution in [2.24, 2.45) is 5.92 Å². The fourth-order valence-corrected chi connectivity index (χ4v) is 3.58. The molecule has 0 N–H and O–H groups in total. The van der Waals surface area contributed by atoms with E-state index in [2.05, 4.69) is 49.8 Å². The van der Waals surface area contributed by atoms with Crippen molar-refractivity contribution in [3.63, 3.8) is 0 Å². The number of likely N-dealkylation sites (tertiary alicyclic amines) is 1. The molecule has 3 nitrogen and oxygen atoms in total. The fraction of sp³-hybridized carbons (Fsp3) is 0.688. The van der Waals surface area contributed by atoms with Gasteiger partial charge in [0.1, 0.15) is 5.82 Å². The van der Waals surface area contributed by atoms with Crippen LogP contribution in [-0.4, -0.2) is 42.6 Å². The monoisotopic (exact) mass is 259 g/mol. The predicted octanol–water partition coefficient (Wildman–Crippen LogP) is 2.65. The molecule has 0 spiro atoms. The highest BCUT2D eigenvalue weighted by Gasteiger charge is 2.40. The number of rotatable bonds is 2. The third-order valence-corrected chi connectivity index (χ3v) is 4.59. The van der Waals surface area contributed by atoms with Crippen LogP contribution in [-0.2, 0) is 0 Å². The lowest BCUT2D eigenvalue weighted by atomic mass is 10.0. The van der Waals surface area contributed by atoms with Crippen molar-refractivity contribution >= 4 is 5.82 Å². The van der Waals surface area contributed by atoms with Gasteiger partial charge in [0.2, 0.25) is 0 Å². The van der Waals surface area contributed by atoms with Crippen LogP contribution in [0, 0.1) is 12.8 Å². The number of anilines is 1. The van der Waals surface area contributed by atoms with Crippen molar-refractivity contribution in [3.05, 3.63) is 23.4 Å². The zero-order valence-electron chi connectivity index (χ0n) is 12.6. The Hall–Kier alpha value is -1.09. The van der Waals surface area contributed by atoms with Gasteiger partial charge in [-0.1, -0.05) is 13.8 Å². The SMILES string of the molecule is Cc1cc(C(C)C)nc(N2CC[C@@H]3CN(C)C[C@@H]32)c1. The van der Waals surface area contributed by atoms with E-state index in [-0.39, 0.29) is 0 Å². The lowest BCUT2D eigenvalue weighted by molar-refractivity contribution is 0.386. The number of hydrogen-bond donors (Lipinski definition) is 0. The molecule has 3 heteroatoms. The van der Waals surface area contributed by atoms with Crippen LogP contribution in [0.15, 0.2) is 12.1 Å². The third-order valence-electron chi connectivity index (χ3n) is 4.59. The summed E-state index contributed by atoms with van der Waals surface area (Å²) >= 11 is 0. The highest BCUT2D eigenvalue weighted by atomic mass is 15.3. The molecule has 0 bridgehead atoms. The maximum atomic E-state index is 4.91. The van der Waals surface area contributed by atoms with Gasteiger partial charge < -0.3 is 9.80 Å². The molecule has 1 aromatic heterocycles. The number of hydrogen-bond acceptors (Lipinski definition) is 3. The van der Waals surface area contributed by atoms with Crippen LogP contribution in [0.3, 0.4) is 0 Å². The lowest BCUT2D eigenvalue weighted by Crippen LogP contribution is -2.35. The topological polar surface area (TPSA) is 19.4 Å². The van der Waals surface area contributed by atoms with E-state index in [0.29, 0.717) is 12.0 Å². The Morgan fingerprint density at radius 1 is 1.26 bits per heavy atom. The molecule has 0 aromatic carbocycles. The van der Waals surface area contributed by atoms with Gasteiger partial charge in [0.05, 0.1) is 0 Å². The molecular formula is C16H25N3. The lowest BCUT2D eigenvalue weighted by Gasteiger charge is -2.26. The van der Waals surface area contributed by atoms with Gasteiger partial charge in [-0.15, -0.1) is 0 Å². The molecule has 2 fully saturated rings. The van der Waals surface area contributed by atoms with Gasteiger partial charge in [0.15, 0.2) is 0 Å². The van der Waals surface area contributed by atoms with E-state index in [1.54, 1.807) is 0 Å². The minimum Gasteiger partial charge on any atom is -0.352 e. The summed E-state index contributed by atoms with van der Waals surface area (Å²) in [5, 5.41) is 0. The van der Waals surface area contributed by atoms with Crippen molar-refractivity contribution in [2.45, 2.75) is 39.2 Å². The molecule has 0 unspecified atom stereocenters. The van der Waals surface area contributed by atoms with E-state index in [4.69, 9.17) is 4.98 Å². The molecule has 2 aliphatic heterocycles. The van der Waals surface area contributed by atoms with Gasteiger partial charge in [-0.2, -0.15) is 0 Å². The average molecular weight is 259 g/mol. The zero-order valence-corrected chi connectivity index (χ0v) is 12.6. The minimum atomic E-state index is 0.503. The third kappa shape index (κ3) is 2.36. The Kier molecular flexibility index (Phi) is 3.25. The summed E-state index contributed by atoms with van der Waals surface area (Å²) in [6, 6.07) is 5.16. The highest BCUT2D eigenvalue weighted by molar-refractivity contribution is 5.46. The molecule has 2 aliphatic rings. The normalized spacial score (nSPS) is 27.3. The largest absolute Gasteiger partial charge is 0.352 e. The molecule has 0 amide bonds. The standard InChI is InChI=1S/C16H25N3/c1-11(2)14-7-12(3)8-16(17-14)19-6-5-13-9-18(4)10-15(13)19/h7-8,11,13,15H,5-6,9-10H2,1-4H3/t13-,15+/m1/s1. The smallest absolute Gasteiger partial charge is 0.129 e. The zero-order chi connectivity index (χ0) is 13.6. The summed E-state index contributed by atoms with van der Waals surface area (Å²) in [4.78, 5) is 9.92. The van der Waals surface area contributed by atoms with Crippen molar-refractivity contribution in [1.82, 2.24) is 9.88 Å². The van der Waals surface area contributed by atoms with Crippen LogP contribution < -0.4 is 4.90 Å². The minimum absolute atomic E-state index is 0.503. The maximum absolute atomic E-state index is 4.91. The summed E-state index contributed by atoms with van der Waals surface area (Å²) in [5.74, 6) is 2.55. The van der Waals surface area contributed by atoms with Gasteiger partial charge in [0.25, 0.3) is 0 Å². The first-order chi connectivity index (χ1) is 9.04. The molecule has 1 aromatic rings. The second-order valence-corrected chi connectivity index (χ2v) is 6.61. The molecule has 2 saturated heterocycles. The van der Waals surface area contributed by atoms with Crippen molar-refractivity contribution in [1.29, 1.82) is 0 Å².